The third kappa shape index (κ3) is 2.54. The summed E-state index contributed by atoms with van der Waals surface area (Å²) in [6.45, 7) is 4.58. The molecular formula is C18H19N5O. The summed E-state index contributed by atoms with van der Waals surface area (Å²) in [6, 6.07) is 5.63. The Bertz CT molecular complexity index is 917. The summed E-state index contributed by atoms with van der Waals surface area (Å²) in [6.07, 6.45) is 5.41. The SMILES string of the molecule is Cc1cncc([C@@H]2CCCN2C(=O)c2ccc3nc(C)[nH]c3c2)n1. The van der Waals surface area contributed by atoms with Gasteiger partial charge in [-0.2, -0.15) is 0 Å². The molecule has 1 saturated heterocycles. The second kappa shape index (κ2) is 5.70. The van der Waals surface area contributed by atoms with Gasteiger partial charge in [-0.05, 0) is 44.9 Å². The molecule has 24 heavy (non-hydrogen) atoms. The van der Waals surface area contributed by atoms with E-state index < -0.39 is 0 Å². The molecule has 0 aliphatic carbocycles. The molecule has 3 heterocycles. The van der Waals surface area contributed by atoms with Crippen LogP contribution in [0.2, 0.25) is 0 Å². The van der Waals surface area contributed by atoms with Gasteiger partial charge in [0.25, 0.3) is 5.91 Å². The normalized spacial score (nSPS) is 17.6. The van der Waals surface area contributed by atoms with Crippen molar-refractivity contribution in [2.75, 3.05) is 6.54 Å². The van der Waals surface area contributed by atoms with E-state index in [0.29, 0.717) is 5.56 Å². The minimum atomic E-state index is 0.00380. The Morgan fingerprint density at radius 2 is 2.12 bits per heavy atom. The Balaban J connectivity index is 1.66. The second-order valence-corrected chi connectivity index (χ2v) is 6.30. The molecule has 4 rings (SSSR count). The Morgan fingerprint density at radius 1 is 1.25 bits per heavy atom. The highest BCUT2D eigenvalue weighted by atomic mass is 16.2. The van der Waals surface area contributed by atoms with E-state index in [4.69, 9.17) is 0 Å². The highest BCUT2D eigenvalue weighted by molar-refractivity contribution is 5.97. The molecule has 1 aromatic carbocycles. The summed E-state index contributed by atoms with van der Waals surface area (Å²) in [5.74, 6) is 0.888. The molecule has 0 saturated carbocycles. The molecule has 1 fully saturated rings. The number of imidazole rings is 1. The zero-order valence-electron chi connectivity index (χ0n) is 13.8. The van der Waals surface area contributed by atoms with E-state index in [-0.39, 0.29) is 11.9 Å². The fraction of sp³-hybridized carbons (Fsp3) is 0.333. The molecule has 6 nitrogen and oxygen atoms in total. The Labute approximate surface area is 140 Å². The first-order valence-electron chi connectivity index (χ1n) is 8.18. The molecule has 0 spiro atoms. The molecule has 1 aliphatic heterocycles. The van der Waals surface area contributed by atoms with E-state index in [1.807, 2.05) is 36.9 Å². The lowest BCUT2D eigenvalue weighted by Crippen LogP contribution is -2.31. The van der Waals surface area contributed by atoms with Gasteiger partial charge in [0.05, 0.1) is 34.7 Å². The standard InChI is InChI=1S/C18H19N5O/c1-11-9-19-10-16(20-11)17-4-3-7-23(17)18(24)13-5-6-14-15(8-13)22-12(2)21-14/h5-6,8-10,17H,3-4,7H2,1-2H3,(H,21,22)/t17-/m0/s1. The van der Waals surface area contributed by atoms with E-state index in [9.17, 15) is 4.79 Å². The number of nitrogens with zero attached hydrogens (tertiary/aromatic N) is 4. The molecule has 1 N–H and O–H groups in total. The predicted molar refractivity (Wildman–Crippen MR) is 90.6 cm³/mol. The number of fused-ring (bicyclic) bond motifs is 1. The molecule has 1 aliphatic rings. The number of H-pyrrole nitrogens is 1. The molecular weight excluding hydrogens is 302 g/mol. The van der Waals surface area contributed by atoms with Crippen LogP contribution in [0, 0.1) is 13.8 Å². The number of aryl methyl sites for hydroxylation is 2. The predicted octanol–water partition coefficient (Wildman–Crippen LogP) is 2.95. The molecule has 1 atom stereocenters. The van der Waals surface area contributed by atoms with Gasteiger partial charge in [-0.25, -0.2) is 4.98 Å². The molecule has 1 amide bonds. The van der Waals surface area contributed by atoms with Crippen LogP contribution in [-0.4, -0.2) is 37.3 Å². The van der Waals surface area contributed by atoms with Gasteiger partial charge in [0.15, 0.2) is 0 Å². The van der Waals surface area contributed by atoms with Crippen LogP contribution in [0.3, 0.4) is 0 Å². The molecule has 0 radical (unpaired) electrons. The maximum absolute atomic E-state index is 13.0. The quantitative estimate of drug-likeness (QED) is 0.787. The molecule has 2 aromatic heterocycles. The van der Waals surface area contributed by atoms with E-state index in [2.05, 4.69) is 19.9 Å². The van der Waals surface area contributed by atoms with E-state index >= 15 is 0 Å². The van der Waals surface area contributed by atoms with Gasteiger partial charge in [-0.1, -0.05) is 0 Å². The summed E-state index contributed by atoms with van der Waals surface area (Å²) < 4.78 is 0. The zero-order chi connectivity index (χ0) is 16.7. The Hall–Kier alpha value is -2.76. The molecule has 0 unspecified atom stereocenters. The number of carbonyl (C=O) groups is 1. The van der Waals surface area contributed by atoms with Crippen LogP contribution in [0.4, 0.5) is 0 Å². The first kappa shape index (κ1) is 14.8. The van der Waals surface area contributed by atoms with Crippen molar-refractivity contribution in [1.29, 1.82) is 0 Å². The van der Waals surface area contributed by atoms with Gasteiger partial charge < -0.3 is 9.88 Å². The fourth-order valence-corrected chi connectivity index (χ4v) is 3.40. The number of hydrogen-bond acceptors (Lipinski definition) is 4. The highest BCUT2D eigenvalue weighted by Crippen LogP contribution is 2.32. The summed E-state index contributed by atoms with van der Waals surface area (Å²) >= 11 is 0. The molecule has 122 valence electrons. The third-order valence-corrected chi connectivity index (χ3v) is 4.48. The van der Waals surface area contributed by atoms with E-state index in [1.165, 1.54) is 0 Å². The van der Waals surface area contributed by atoms with Gasteiger partial charge in [0.1, 0.15) is 5.82 Å². The van der Waals surface area contributed by atoms with Crippen molar-refractivity contribution < 1.29 is 4.79 Å². The minimum Gasteiger partial charge on any atom is -0.342 e. The maximum atomic E-state index is 13.0. The number of benzene rings is 1. The van der Waals surface area contributed by atoms with Crippen molar-refractivity contribution in [3.63, 3.8) is 0 Å². The van der Waals surface area contributed by atoms with E-state index in [1.54, 1.807) is 12.4 Å². The second-order valence-electron chi connectivity index (χ2n) is 6.30. The summed E-state index contributed by atoms with van der Waals surface area (Å²) in [5.41, 5.74) is 4.20. The lowest BCUT2D eigenvalue weighted by Gasteiger charge is -2.24. The van der Waals surface area contributed by atoms with Gasteiger partial charge >= 0.3 is 0 Å². The van der Waals surface area contributed by atoms with Crippen LogP contribution < -0.4 is 0 Å². The molecule has 6 heteroatoms. The van der Waals surface area contributed by atoms with Crippen molar-refractivity contribution in [3.8, 4) is 0 Å². The molecule has 3 aromatic rings. The number of aromatic amines is 1. The number of aromatic nitrogens is 4. The monoisotopic (exact) mass is 321 g/mol. The van der Waals surface area contributed by atoms with Crippen LogP contribution >= 0.6 is 0 Å². The first-order chi connectivity index (χ1) is 11.6. The lowest BCUT2D eigenvalue weighted by atomic mass is 10.1. The van der Waals surface area contributed by atoms with Crippen LogP contribution in [-0.2, 0) is 0 Å². The Morgan fingerprint density at radius 3 is 2.96 bits per heavy atom. The van der Waals surface area contributed by atoms with Crippen molar-refractivity contribution >= 4 is 16.9 Å². The van der Waals surface area contributed by atoms with Crippen LogP contribution in [0.5, 0.6) is 0 Å². The number of carbonyl (C=O) groups excluding carboxylic acids is 1. The average Bonchev–Trinajstić information content (AvgIpc) is 3.18. The van der Waals surface area contributed by atoms with Gasteiger partial charge in [0, 0.05) is 18.3 Å². The third-order valence-electron chi connectivity index (χ3n) is 4.48. The lowest BCUT2D eigenvalue weighted by molar-refractivity contribution is 0.0732. The van der Waals surface area contributed by atoms with Crippen LogP contribution in [0.15, 0.2) is 30.6 Å². The van der Waals surface area contributed by atoms with Gasteiger partial charge in [0.2, 0.25) is 0 Å². The van der Waals surface area contributed by atoms with Gasteiger partial charge in [-0.3, -0.25) is 14.8 Å². The number of nitrogens with one attached hydrogen (secondary N) is 1. The number of rotatable bonds is 2. The Kier molecular flexibility index (Phi) is 3.52. The average molecular weight is 321 g/mol. The number of likely N-dealkylation sites (tertiary alicyclic amines) is 1. The number of hydrogen-bond donors (Lipinski definition) is 1. The smallest absolute Gasteiger partial charge is 0.254 e. The summed E-state index contributed by atoms with van der Waals surface area (Å²) in [4.78, 5) is 31.3. The van der Waals surface area contributed by atoms with E-state index in [0.717, 1.165) is 47.6 Å². The highest BCUT2D eigenvalue weighted by Gasteiger charge is 2.31. The van der Waals surface area contributed by atoms with Gasteiger partial charge in [-0.15, -0.1) is 0 Å². The largest absolute Gasteiger partial charge is 0.342 e. The fourth-order valence-electron chi connectivity index (χ4n) is 3.40. The van der Waals surface area contributed by atoms with Crippen molar-refractivity contribution in [2.45, 2.75) is 32.7 Å². The topological polar surface area (TPSA) is 74.8 Å². The summed E-state index contributed by atoms with van der Waals surface area (Å²) in [5, 5.41) is 0. The van der Waals surface area contributed by atoms with Crippen molar-refractivity contribution in [2.24, 2.45) is 0 Å². The minimum absolute atomic E-state index is 0.00380. The number of amides is 1. The molecule has 0 bridgehead atoms. The van der Waals surface area contributed by atoms with Crippen LogP contribution in [0.25, 0.3) is 11.0 Å². The zero-order valence-corrected chi connectivity index (χ0v) is 13.8. The van der Waals surface area contributed by atoms with Crippen molar-refractivity contribution in [3.05, 3.63) is 53.4 Å². The maximum Gasteiger partial charge on any atom is 0.254 e. The summed E-state index contributed by atoms with van der Waals surface area (Å²) in [7, 11) is 0. The first-order valence-corrected chi connectivity index (χ1v) is 8.18. The van der Waals surface area contributed by atoms with Crippen molar-refractivity contribution in [1.82, 2.24) is 24.8 Å². The van der Waals surface area contributed by atoms with Crippen LogP contribution in [0.1, 0.15) is 46.5 Å².